The number of rotatable bonds is 2. The average Bonchev–Trinajstić information content (AvgIpc) is 2.37. The monoisotopic (exact) mass is 320 g/mol. The van der Waals surface area contributed by atoms with Gasteiger partial charge in [0, 0.05) is 27.5 Å². The molecule has 1 amide bonds. The number of phenolic OH excluding ortho intramolecular Hbond substituents is 1. The van der Waals surface area contributed by atoms with Crippen LogP contribution in [-0.4, -0.2) is 11.0 Å². The summed E-state index contributed by atoms with van der Waals surface area (Å²) in [4.78, 5) is 12.0. The summed E-state index contributed by atoms with van der Waals surface area (Å²) in [5.41, 5.74) is 8.03. The van der Waals surface area contributed by atoms with Gasteiger partial charge >= 0.3 is 0 Å². The number of aryl methyl sites for hydroxylation is 1. The molecule has 0 spiro atoms. The first-order valence-electron chi connectivity index (χ1n) is 5.63. The zero-order valence-corrected chi connectivity index (χ0v) is 11.9. The van der Waals surface area contributed by atoms with Crippen molar-refractivity contribution in [2.75, 3.05) is 11.1 Å². The molecule has 0 aliphatic rings. The largest absolute Gasteiger partial charge is 0.508 e. The lowest BCUT2D eigenvalue weighted by molar-refractivity contribution is 0.102. The van der Waals surface area contributed by atoms with Crippen LogP contribution in [0.15, 0.2) is 40.9 Å². The molecule has 0 fully saturated rings. The van der Waals surface area contributed by atoms with E-state index in [1.165, 1.54) is 6.07 Å². The number of nitrogens with one attached hydrogen (secondary N) is 1. The molecule has 0 unspecified atom stereocenters. The zero-order valence-electron chi connectivity index (χ0n) is 10.3. The van der Waals surface area contributed by atoms with Crippen LogP contribution in [0.5, 0.6) is 5.75 Å². The molecule has 0 aliphatic carbocycles. The number of nitrogen functional groups attached to an aromatic ring is 1. The number of anilines is 2. The van der Waals surface area contributed by atoms with Gasteiger partial charge in [0.2, 0.25) is 0 Å². The van der Waals surface area contributed by atoms with Crippen molar-refractivity contribution in [3.63, 3.8) is 0 Å². The quantitative estimate of drug-likeness (QED) is 0.743. The van der Waals surface area contributed by atoms with Gasteiger partial charge in [-0.2, -0.15) is 0 Å². The van der Waals surface area contributed by atoms with E-state index in [1.54, 1.807) is 37.3 Å². The summed E-state index contributed by atoms with van der Waals surface area (Å²) < 4.78 is 0.673. The third-order valence-corrected chi connectivity index (χ3v) is 3.42. The Morgan fingerprint density at radius 2 is 2.00 bits per heavy atom. The van der Waals surface area contributed by atoms with Crippen LogP contribution < -0.4 is 11.1 Å². The Hall–Kier alpha value is -2.01. The predicted octanol–water partition coefficient (Wildman–Crippen LogP) is 3.30. The van der Waals surface area contributed by atoms with Gasteiger partial charge in [-0.25, -0.2) is 0 Å². The van der Waals surface area contributed by atoms with Gasteiger partial charge in [-0.1, -0.05) is 6.07 Å². The van der Waals surface area contributed by atoms with Crippen LogP contribution in [0.1, 0.15) is 15.9 Å². The smallest absolute Gasteiger partial charge is 0.255 e. The van der Waals surface area contributed by atoms with Gasteiger partial charge in [-0.3, -0.25) is 4.79 Å². The van der Waals surface area contributed by atoms with E-state index >= 15 is 0 Å². The van der Waals surface area contributed by atoms with Crippen molar-refractivity contribution >= 4 is 33.2 Å². The minimum absolute atomic E-state index is 0.149. The minimum atomic E-state index is -0.260. The SMILES string of the molecule is Cc1ccc(NC(=O)c2ccc(N)c(Br)c2)cc1O. The Morgan fingerprint density at radius 3 is 2.63 bits per heavy atom. The Bertz CT molecular complexity index is 641. The fraction of sp³-hybridized carbons (Fsp3) is 0.0714. The van der Waals surface area contributed by atoms with Crippen molar-refractivity contribution in [3.05, 3.63) is 52.0 Å². The maximum Gasteiger partial charge on any atom is 0.255 e. The van der Waals surface area contributed by atoms with Crippen molar-refractivity contribution < 1.29 is 9.90 Å². The van der Waals surface area contributed by atoms with Gasteiger partial charge in [0.15, 0.2) is 0 Å². The van der Waals surface area contributed by atoms with Crippen LogP contribution in [0.25, 0.3) is 0 Å². The highest BCUT2D eigenvalue weighted by Crippen LogP contribution is 2.23. The molecule has 98 valence electrons. The van der Waals surface area contributed by atoms with E-state index in [-0.39, 0.29) is 11.7 Å². The number of carbonyl (C=O) groups is 1. The summed E-state index contributed by atoms with van der Waals surface area (Å²) >= 11 is 3.28. The van der Waals surface area contributed by atoms with Crippen molar-refractivity contribution in [1.29, 1.82) is 0 Å². The molecule has 4 N–H and O–H groups in total. The maximum atomic E-state index is 12.0. The molecule has 0 atom stereocenters. The van der Waals surface area contributed by atoms with Crippen LogP contribution in [0.3, 0.4) is 0 Å². The highest BCUT2D eigenvalue weighted by Gasteiger charge is 2.08. The van der Waals surface area contributed by atoms with E-state index in [0.717, 1.165) is 5.56 Å². The second kappa shape index (κ2) is 5.32. The summed E-state index contributed by atoms with van der Waals surface area (Å²) in [5, 5.41) is 12.3. The standard InChI is InChI=1S/C14H13BrN2O2/c1-8-2-4-10(7-13(8)18)17-14(19)9-3-5-12(16)11(15)6-9/h2-7,18H,16H2,1H3,(H,17,19). The summed E-state index contributed by atoms with van der Waals surface area (Å²) in [5.74, 6) is -0.111. The van der Waals surface area contributed by atoms with Crippen molar-refractivity contribution in [3.8, 4) is 5.75 Å². The molecule has 0 bridgehead atoms. The Balaban J connectivity index is 2.20. The molecule has 0 saturated carbocycles. The summed E-state index contributed by atoms with van der Waals surface area (Å²) in [6, 6.07) is 9.94. The van der Waals surface area contributed by atoms with Crippen LogP contribution >= 0.6 is 15.9 Å². The number of carbonyl (C=O) groups excluding carboxylic acids is 1. The van der Waals surface area contributed by atoms with E-state index in [9.17, 15) is 9.90 Å². The number of hydrogen-bond donors (Lipinski definition) is 3. The maximum absolute atomic E-state index is 12.0. The minimum Gasteiger partial charge on any atom is -0.508 e. The molecular weight excluding hydrogens is 308 g/mol. The summed E-state index contributed by atoms with van der Waals surface area (Å²) in [6.45, 7) is 1.79. The molecule has 2 aromatic carbocycles. The van der Waals surface area contributed by atoms with E-state index in [4.69, 9.17) is 5.73 Å². The van der Waals surface area contributed by atoms with Gasteiger partial charge in [0.05, 0.1) is 0 Å². The van der Waals surface area contributed by atoms with Gasteiger partial charge in [-0.15, -0.1) is 0 Å². The summed E-state index contributed by atoms with van der Waals surface area (Å²) in [7, 11) is 0. The number of phenols is 1. The molecule has 5 heteroatoms. The molecule has 2 aromatic rings. The van der Waals surface area contributed by atoms with Crippen LogP contribution in [0.4, 0.5) is 11.4 Å². The number of halogens is 1. The lowest BCUT2D eigenvalue weighted by atomic mass is 10.1. The van der Waals surface area contributed by atoms with Crippen molar-refractivity contribution in [2.45, 2.75) is 6.92 Å². The topological polar surface area (TPSA) is 75.4 Å². The molecule has 0 saturated heterocycles. The van der Waals surface area contributed by atoms with Crippen LogP contribution in [-0.2, 0) is 0 Å². The number of benzene rings is 2. The molecule has 0 aromatic heterocycles. The second-order valence-corrected chi connectivity index (χ2v) is 5.05. The number of amides is 1. The van der Waals surface area contributed by atoms with Gasteiger partial charge in [0.25, 0.3) is 5.91 Å². The van der Waals surface area contributed by atoms with E-state index in [0.29, 0.717) is 21.4 Å². The average molecular weight is 321 g/mol. The summed E-state index contributed by atoms with van der Waals surface area (Å²) in [6.07, 6.45) is 0. The molecular formula is C14H13BrN2O2. The lowest BCUT2D eigenvalue weighted by Crippen LogP contribution is -2.12. The highest BCUT2D eigenvalue weighted by molar-refractivity contribution is 9.10. The first kappa shape index (κ1) is 13.4. The van der Waals surface area contributed by atoms with E-state index in [1.807, 2.05) is 0 Å². The predicted molar refractivity (Wildman–Crippen MR) is 79.4 cm³/mol. The number of hydrogen-bond acceptors (Lipinski definition) is 3. The fourth-order valence-corrected chi connectivity index (χ4v) is 1.94. The first-order valence-corrected chi connectivity index (χ1v) is 6.42. The van der Waals surface area contributed by atoms with Gasteiger partial charge < -0.3 is 16.2 Å². The Morgan fingerprint density at radius 1 is 1.26 bits per heavy atom. The normalized spacial score (nSPS) is 10.2. The number of nitrogens with two attached hydrogens (primary N) is 1. The molecule has 19 heavy (non-hydrogen) atoms. The van der Waals surface area contributed by atoms with Crippen molar-refractivity contribution in [1.82, 2.24) is 0 Å². The molecule has 0 heterocycles. The molecule has 0 radical (unpaired) electrons. The van der Waals surface area contributed by atoms with Gasteiger partial charge in [0.1, 0.15) is 5.75 Å². The van der Waals surface area contributed by atoms with E-state index < -0.39 is 0 Å². The Kier molecular flexibility index (Phi) is 3.76. The van der Waals surface area contributed by atoms with Gasteiger partial charge in [-0.05, 0) is 52.7 Å². The fourth-order valence-electron chi connectivity index (χ4n) is 1.56. The number of aromatic hydroxyl groups is 1. The van der Waals surface area contributed by atoms with Crippen molar-refractivity contribution in [2.24, 2.45) is 0 Å². The van der Waals surface area contributed by atoms with E-state index in [2.05, 4.69) is 21.2 Å². The molecule has 2 rings (SSSR count). The highest BCUT2D eigenvalue weighted by atomic mass is 79.9. The van der Waals surface area contributed by atoms with Crippen LogP contribution in [0.2, 0.25) is 0 Å². The third kappa shape index (κ3) is 3.06. The lowest BCUT2D eigenvalue weighted by Gasteiger charge is -2.08. The Labute approximate surface area is 119 Å². The molecule has 0 aliphatic heterocycles. The van der Waals surface area contributed by atoms with Crippen LogP contribution in [0, 0.1) is 6.92 Å². The first-order chi connectivity index (χ1) is 8.97. The second-order valence-electron chi connectivity index (χ2n) is 4.19. The zero-order chi connectivity index (χ0) is 14.0. The third-order valence-electron chi connectivity index (χ3n) is 2.73. The molecule has 4 nitrogen and oxygen atoms in total.